The Labute approximate surface area is 111 Å². The lowest BCUT2D eigenvalue weighted by molar-refractivity contribution is 0.00578. The first kappa shape index (κ1) is 15.0. The van der Waals surface area contributed by atoms with Crippen molar-refractivity contribution < 1.29 is 9.31 Å². The minimum Gasteiger partial charge on any atom is -0.400 e. The Morgan fingerprint density at radius 2 is 1.76 bits per heavy atom. The zero-order chi connectivity index (χ0) is 11.8. The van der Waals surface area contributed by atoms with Crippen molar-refractivity contribution in [1.82, 2.24) is 5.32 Å². The van der Waals surface area contributed by atoms with Crippen molar-refractivity contribution >= 4 is 19.5 Å². The molecule has 5 heteroatoms. The van der Waals surface area contributed by atoms with Gasteiger partial charge in [0.1, 0.15) is 0 Å². The van der Waals surface area contributed by atoms with Crippen LogP contribution in [0.3, 0.4) is 0 Å². The minimum absolute atomic E-state index is 0. The van der Waals surface area contributed by atoms with Gasteiger partial charge in [-0.3, -0.25) is 0 Å². The average molecular weight is 260 g/mol. The Hall–Kier alpha value is -0.0251. The molecular formula is C12H23BClNO2. The molecule has 0 spiro atoms. The fourth-order valence-electron chi connectivity index (χ4n) is 2.07. The van der Waals surface area contributed by atoms with Crippen LogP contribution in [-0.2, 0) is 9.31 Å². The zero-order valence-corrected chi connectivity index (χ0v) is 12.0. The summed E-state index contributed by atoms with van der Waals surface area (Å²) in [4.78, 5) is 0. The molecule has 0 saturated carbocycles. The summed E-state index contributed by atoms with van der Waals surface area (Å²) in [6, 6.07) is 0. The highest BCUT2D eigenvalue weighted by atomic mass is 35.5. The summed E-state index contributed by atoms with van der Waals surface area (Å²) in [6.07, 6.45) is 2.38. The van der Waals surface area contributed by atoms with Crippen molar-refractivity contribution in [3.8, 4) is 0 Å². The van der Waals surface area contributed by atoms with Gasteiger partial charge in [0.2, 0.25) is 0 Å². The molecule has 0 aromatic rings. The lowest BCUT2D eigenvalue weighted by Crippen LogP contribution is -2.41. The molecule has 0 radical (unpaired) electrons. The smallest absolute Gasteiger partial charge is 0.400 e. The number of hydrogen-bond acceptors (Lipinski definition) is 3. The summed E-state index contributed by atoms with van der Waals surface area (Å²) in [7, 11) is -0.181. The van der Waals surface area contributed by atoms with Gasteiger partial charge in [0.05, 0.1) is 11.2 Å². The third-order valence-corrected chi connectivity index (χ3v) is 3.85. The molecule has 0 atom stereocenters. The molecule has 3 nitrogen and oxygen atoms in total. The second-order valence-electron chi connectivity index (χ2n) is 5.73. The van der Waals surface area contributed by atoms with Crippen molar-refractivity contribution in [3.63, 3.8) is 0 Å². The lowest BCUT2D eigenvalue weighted by atomic mass is 9.85. The first-order valence-electron chi connectivity index (χ1n) is 6.17. The van der Waals surface area contributed by atoms with E-state index in [-0.39, 0.29) is 30.7 Å². The van der Waals surface area contributed by atoms with Crippen LogP contribution in [0.5, 0.6) is 0 Å². The number of rotatable bonds is 1. The van der Waals surface area contributed by atoms with Crippen molar-refractivity contribution in [2.75, 3.05) is 13.1 Å². The summed E-state index contributed by atoms with van der Waals surface area (Å²) in [6.45, 7) is 10.5. The minimum atomic E-state index is -0.225. The van der Waals surface area contributed by atoms with Gasteiger partial charge in [-0.15, -0.1) is 12.4 Å². The standard InChI is InChI=1S/C12H22BNO2.ClH/c1-11(2)12(3,4)16-13(15-11)8-10-6-5-7-14-9-10;/h8,14H,5-7,9H2,1-4H3;1H/b10-8-;. The molecule has 98 valence electrons. The van der Waals surface area contributed by atoms with E-state index < -0.39 is 0 Å². The van der Waals surface area contributed by atoms with Gasteiger partial charge < -0.3 is 14.6 Å². The monoisotopic (exact) mass is 259 g/mol. The van der Waals surface area contributed by atoms with Crippen molar-refractivity contribution in [2.45, 2.75) is 51.7 Å². The molecule has 2 aliphatic heterocycles. The number of hydrogen-bond donors (Lipinski definition) is 1. The third kappa shape index (κ3) is 3.25. The van der Waals surface area contributed by atoms with E-state index in [0.717, 1.165) is 19.5 Å². The normalized spacial score (nSPS) is 29.2. The van der Waals surface area contributed by atoms with Crippen LogP contribution in [0.25, 0.3) is 0 Å². The molecular weight excluding hydrogens is 236 g/mol. The van der Waals surface area contributed by atoms with Gasteiger partial charge in [-0.25, -0.2) is 0 Å². The summed E-state index contributed by atoms with van der Waals surface area (Å²) in [5, 5.41) is 3.37. The fourth-order valence-corrected chi connectivity index (χ4v) is 2.07. The van der Waals surface area contributed by atoms with Gasteiger partial charge in [0.15, 0.2) is 0 Å². The van der Waals surface area contributed by atoms with Crippen LogP contribution < -0.4 is 5.32 Å². The molecule has 0 aromatic heterocycles. The number of nitrogens with one attached hydrogen (secondary N) is 1. The van der Waals surface area contributed by atoms with Crippen LogP contribution in [0.15, 0.2) is 11.5 Å². The highest BCUT2D eigenvalue weighted by Crippen LogP contribution is 2.37. The van der Waals surface area contributed by atoms with E-state index >= 15 is 0 Å². The van der Waals surface area contributed by atoms with E-state index in [1.165, 1.54) is 12.0 Å². The third-order valence-electron chi connectivity index (χ3n) is 3.85. The summed E-state index contributed by atoms with van der Waals surface area (Å²) in [5.74, 6) is 2.14. The quantitative estimate of drug-likeness (QED) is 0.733. The van der Waals surface area contributed by atoms with Crippen LogP contribution in [0, 0.1) is 0 Å². The molecule has 0 unspecified atom stereocenters. The lowest BCUT2D eigenvalue weighted by Gasteiger charge is -2.32. The maximum atomic E-state index is 5.94. The summed E-state index contributed by atoms with van der Waals surface area (Å²) < 4.78 is 11.9. The maximum Gasteiger partial charge on any atom is 0.487 e. The van der Waals surface area contributed by atoms with Crippen LogP contribution in [0.1, 0.15) is 40.5 Å². The molecule has 2 aliphatic rings. The molecule has 2 heterocycles. The summed E-state index contributed by atoms with van der Waals surface area (Å²) >= 11 is 0. The van der Waals surface area contributed by atoms with Gasteiger partial charge in [0, 0.05) is 6.54 Å². The molecule has 0 aromatic carbocycles. The first-order chi connectivity index (χ1) is 7.41. The predicted molar refractivity (Wildman–Crippen MR) is 73.5 cm³/mol. The van der Waals surface area contributed by atoms with E-state index in [9.17, 15) is 0 Å². The second-order valence-corrected chi connectivity index (χ2v) is 5.73. The van der Waals surface area contributed by atoms with Crippen molar-refractivity contribution in [1.29, 1.82) is 0 Å². The van der Waals surface area contributed by atoms with Crippen LogP contribution in [-0.4, -0.2) is 31.4 Å². The Balaban J connectivity index is 0.00000144. The van der Waals surface area contributed by atoms with Crippen molar-refractivity contribution in [2.24, 2.45) is 0 Å². The molecule has 2 fully saturated rings. The Morgan fingerprint density at radius 1 is 1.18 bits per heavy atom. The predicted octanol–water partition coefficient (Wildman–Crippen LogP) is 2.35. The van der Waals surface area contributed by atoms with Gasteiger partial charge in [0.25, 0.3) is 0 Å². The molecule has 17 heavy (non-hydrogen) atoms. The van der Waals surface area contributed by atoms with E-state index in [1.54, 1.807) is 0 Å². The Bertz CT molecular complexity index is 281. The first-order valence-corrected chi connectivity index (χ1v) is 6.17. The molecule has 0 bridgehead atoms. The topological polar surface area (TPSA) is 30.5 Å². The van der Waals surface area contributed by atoms with Gasteiger partial charge in [-0.05, 0) is 47.1 Å². The molecule has 0 aliphatic carbocycles. The SMILES string of the molecule is CC1(C)OB(/C=C2/CCCNC2)OC1(C)C.Cl. The van der Waals surface area contributed by atoms with E-state index in [0.29, 0.717) is 0 Å². The van der Waals surface area contributed by atoms with E-state index in [4.69, 9.17) is 9.31 Å². The molecule has 0 amide bonds. The second kappa shape index (κ2) is 5.31. The Morgan fingerprint density at radius 3 is 2.24 bits per heavy atom. The average Bonchev–Trinajstić information content (AvgIpc) is 2.36. The maximum absolute atomic E-state index is 5.94. The Kier molecular flexibility index (Phi) is 4.70. The largest absolute Gasteiger partial charge is 0.487 e. The summed E-state index contributed by atoms with van der Waals surface area (Å²) in [5.41, 5.74) is 0.956. The molecule has 2 saturated heterocycles. The van der Waals surface area contributed by atoms with Gasteiger partial charge in [-0.1, -0.05) is 11.5 Å². The molecule has 2 rings (SSSR count). The van der Waals surface area contributed by atoms with Crippen LogP contribution in [0.4, 0.5) is 0 Å². The number of halogens is 1. The molecule has 1 N–H and O–H groups in total. The van der Waals surface area contributed by atoms with E-state index in [2.05, 4.69) is 39.0 Å². The fraction of sp³-hybridized carbons (Fsp3) is 0.833. The van der Waals surface area contributed by atoms with Crippen LogP contribution >= 0.6 is 12.4 Å². The van der Waals surface area contributed by atoms with Crippen molar-refractivity contribution in [3.05, 3.63) is 11.5 Å². The zero-order valence-electron chi connectivity index (χ0n) is 11.2. The van der Waals surface area contributed by atoms with E-state index in [1.807, 2.05) is 0 Å². The highest BCUT2D eigenvalue weighted by molar-refractivity contribution is 6.51. The van der Waals surface area contributed by atoms with Crippen LogP contribution in [0.2, 0.25) is 0 Å². The van der Waals surface area contributed by atoms with Gasteiger partial charge in [-0.2, -0.15) is 0 Å². The van der Waals surface area contributed by atoms with Gasteiger partial charge >= 0.3 is 7.12 Å². The number of piperidine rings is 1. The highest BCUT2D eigenvalue weighted by Gasteiger charge is 2.50.